The van der Waals surface area contributed by atoms with Gasteiger partial charge in [0.15, 0.2) is 0 Å². The molecule has 6 heteroatoms. The lowest BCUT2D eigenvalue weighted by Crippen LogP contribution is -2.60. The minimum Gasteiger partial charge on any atom is -0.314 e. The predicted octanol–water partition coefficient (Wildman–Crippen LogP) is 1.39. The fourth-order valence-corrected chi connectivity index (χ4v) is 2.83. The van der Waals surface area contributed by atoms with Crippen molar-refractivity contribution in [2.45, 2.75) is 19.4 Å². The average Bonchev–Trinajstić information content (AvgIpc) is 2.41. The molecule has 0 aromatic heterocycles. The zero-order chi connectivity index (χ0) is 15.5. The molecule has 1 aliphatic heterocycles. The van der Waals surface area contributed by atoms with Crippen LogP contribution in [0.2, 0.25) is 0 Å². The Labute approximate surface area is 133 Å². The van der Waals surface area contributed by atoms with Gasteiger partial charge in [0.1, 0.15) is 0 Å². The third-order valence-electron chi connectivity index (χ3n) is 3.68. The van der Waals surface area contributed by atoms with Gasteiger partial charge >= 0.3 is 0 Å². The Morgan fingerprint density at radius 3 is 2.76 bits per heavy atom. The van der Waals surface area contributed by atoms with Gasteiger partial charge in [-0.1, -0.05) is 12.1 Å². The van der Waals surface area contributed by atoms with Gasteiger partial charge in [-0.2, -0.15) is 0 Å². The summed E-state index contributed by atoms with van der Waals surface area (Å²) < 4.78 is 0.679. The van der Waals surface area contributed by atoms with Crippen LogP contribution in [-0.2, 0) is 4.79 Å². The van der Waals surface area contributed by atoms with Crippen molar-refractivity contribution in [1.29, 1.82) is 0 Å². The highest BCUT2D eigenvalue weighted by Gasteiger charge is 2.31. The molecular formula is C15H20BrN3O2. The van der Waals surface area contributed by atoms with Crippen molar-refractivity contribution in [3.63, 3.8) is 0 Å². The molecule has 0 atom stereocenters. The number of nitrogens with zero attached hydrogens (tertiary/aromatic N) is 1. The van der Waals surface area contributed by atoms with Crippen molar-refractivity contribution in [3.05, 3.63) is 34.3 Å². The van der Waals surface area contributed by atoms with Crippen LogP contribution in [0.25, 0.3) is 0 Å². The third kappa shape index (κ3) is 4.12. The zero-order valence-corrected chi connectivity index (χ0v) is 13.9. The highest BCUT2D eigenvalue weighted by atomic mass is 79.9. The number of carbonyl (C=O) groups is 2. The smallest absolute Gasteiger partial charge is 0.259 e. The zero-order valence-electron chi connectivity index (χ0n) is 12.3. The van der Waals surface area contributed by atoms with Crippen molar-refractivity contribution >= 4 is 27.7 Å². The van der Waals surface area contributed by atoms with Crippen LogP contribution >= 0.6 is 15.9 Å². The molecule has 1 aromatic carbocycles. The van der Waals surface area contributed by atoms with Crippen molar-refractivity contribution in [1.82, 2.24) is 15.5 Å². The Morgan fingerprint density at radius 2 is 2.10 bits per heavy atom. The standard InChI is InChI=1S/C15H20BrN3O2/c1-15(2)10-17-7-8-19(15)9-13(20)18-14(21)11-5-3-4-6-12(11)16/h3-6,17H,7-10H2,1-2H3,(H,18,20,21). The molecule has 114 valence electrons. The van der Waals surface area contributed by atoms with Gasteiger partial charge in [0.2, 0.25) is 5.91 Å². The molecule has 0 radical (unpaired) electrons. The highest BCUT2D eigenvalue weighted by Crippen LogP contribution is 2.17. The van der Waals surface area contributed by atoms with E-state index in [9.17, 15) is 9.59 Å². The van der Waals surface area contributed by atoms with E-state index in [1.54, 1.807) is 18.2 Å². The molecule has 2 amide bonds. The lowest BCUT2D eigenvalue weighted by molar-refractivity contribution is -0.123. The normalized spacial score (nSPS) is 18.2. The van der Waals surface area contributed by atoms with E-state index in [4.69, 9.17) is 0 Å². The first-order valence-corrected chi connectivity index (χ1v) is 7.74. The Hall–Kier alpha value is -1.24. The first-order valence-electron chi connectivity index (χ1n) is 6.94. The van der Waals surface area contributed by atoms with Crippen LogP contribution in [0.3, 0.4) is 0 Å². The molecule has 1 saturated heterocycles. The largest absolute Gasteiger partial charge is 0.314 e. The summed E-state index contributed by atoms with van der Waals surface area (Å²) in [5.41, 5.74) is 0.372. The summed E-state index contributed by atoms with van der Waals surface area (Å²) in [6.45, 7) is 6.88. The number of halogens is 1. The molecular weight excluding hydrogens is 334 g/mol. The van der Waals surface area contributed by atoms with E-state index < -0.39 is 0 Å². The van der Waals surface area contributed by atoms with Crippen LogP contribution in [0.1, 0.15) is 24.2 Å². The van der Waals surface area contributed by atoms with Gasteiger partial charge in [-0.15, -0.1) is 0 Å². The van der Waals surface area contributed by atoms with Crippen LogP contribution in [0.15, 0.2) is 28.7 Å². The monoisotopic (exact) mass is 353 g/mol. The molecule has 0 saturated carbocycles. The van der Waals surface area contributed by atoms with Gasteiger partial charge in [-0.25, -0.2) is 0 Å². The summed E-state index contributed by atoms with van der Waals surface area (Å²) in [6, 6.07) is 7.05. The van der Waals surface area contributed by atoms with Crippen molar-refractivity contribution in [2.24, 2.45) is 0 Å². The minimum atomic E-state index is -0.375. The number of rotatable bonds is 3. The third-order valence-corrected chi connectivity index (χ3v) is 4.37. The number of nitrogens with one attached hydrogen (secondary N) is 2. The lowest BCUT2D eigenvalue weighted by Gasteiger charge is -2.42. The molecule has 2 rings (SSSR count). The number of benzene rings is 1. The van der Waals surface area contributed by atoms with Gasteiger partial charge in [0.25, 0.3) is 5.91 Å². The molecule has 0 aliphatic carbocycles. The predicted molar refractivity (Wildman–Crippen MR) is 85.1 cm³/mol. The van der Waals surface area contributed by atoms with Crippen LogP contribution in [-0.4, -0.2) is 48.4 Å². The topological polar surface area (TPSA) is 61.4 Å². The maximum atomic E-state index is 12.1. The molecule has 0 spiro atoms. The van der Waals surface area contributed by atoms with Gasteiger partial charge in [0, 0.05) is 29.6 Å². The summed E-state index contributed by atoms with van der Waals surface area (Å²) >= 11 is 3.31. The summed E-state index contributed by atoms with van der Waals surface area (Å²) in [5, 5.41) is 5.76. The van der Waals surface area contributed by atoms with Crippen molar-refractivity contribution < 1.29 is 9.59 Å². The molecule has 1 fully saturated rings. The molecule has 5 nitrogen and oxygen atoms in total. The van der Waals surface area contributed by atoms with E-state index >= 15 is 0 Å². The maximum absolute atomic E-state index is 12.1. The van der Waals surface area contributed by atoms with Crippen molar-refractivity contribution in [2.75, 3.05) is 26.2 Å². The fourth-order valence-electron chi connectivity index (χ4n) is 2.37. The van der Waals surface area contributed by atoms with Crippen molar-refractivity contribution in [3.8, 4) is 0 Å². The number of piperazine rings is 1. The van der Waals surface area contributed by atoms with E-state index in [0.29, 0.717) is 10.0 Å². The number of carbonyl (C=O) groups excluding carboxylic acids is 2. The Morgan fingerprint density at radius 1 is 1.38 bits per heavy atom. The van der Waals surface area contributed by atoms with E-state index in [0.717, 1.165) is 19.6 Å². The summed E-state index contributed by atoms with van der Waals surface area (Å²) in [6.07, 6.45) is 0. The van der Waals surface area contributed by atoms with E-state index in [1.165, 1.54) is 0 Å². The molecule has 1 aliphatic rings. The number of amides is 2. The second kappa shape index (κ2) is 6.68. The van der Waals surface area contributed by atoms with E-state index in [2.05, 4.69) is 45.3 Å². The van der Waals surface area contributed by atoms with Crippen LogP contribution in [0.5, 0.6) is 0 Å². The first-order chi connectivity index (χ1) is 9.90. The van der Waals surface area contributed by atoms with E-state index in [-0.39, 0.29) is 23.9 Å². The maximum Gasteiger partial charge on any atom is 0.259 e. The summed E-state index contributed by atoms with van der Waals surface area (Å²) in [4.78, 5) is 26.3. The van der Waals surface area contributed by atoms with Crippen LogP contribution < -0.4 is 10.6 Å². The molecule has 0 unspecified atom stereocenters. The second-order valence-electron chi connectivity index (χ2n) is 5.77. The van der Waals surface area contributed by atoms with Gasteiger partial charge in [-0.05, 0) is 41.9 Å². The Bertz CT molecular complexity index is 545. The SMILES string of the molecule is CC1(C)CNCCN1CC(=O)NC(=O)c1ccccc1Br. The number of imide groups is 1. The Balaban J connectivity index is 1.96. The molecule has 2 N–H and O–H groups in total. The van der Waals surface area contributed by atoms with Gasteiger partial charge < -0.3 is 5.32 Å². The van der Waals surface area contributed by atoms with Gasteiger partial charge in [-0.3, -0.25) is 19.8 Å². The number of hydrogen-bond acceptors (Lipinski definition) is 4. The fraction of sp³-hybridized carbons (Fsp3) is 0.467. The first kappa shape index (κ1) is 16.1. The second-order valence-corrected chi connectivity index (χ2v) is 6.62. The molecule has 0 bridgehead atoms. The quantitative estimate of drug-likeness (QED) is 0.861. The molecule has 1 heterocycles. The minimum absolute atomic E-state index is 0.0913. The molecule has 21 heavy (non-hydrogen) atoms. The Kier molecular flexibility index (Phi) is 5.13. The summed E-state index contributed by atoms with van der Waals surface area (Å²) in [5.74, 6) is -0.647. The summed E-state index contributed by atoms with van der Waals surface area (Å²) in [7, 11) is 0. The average molecular weight is 354 g/mol. The van der Waals surface area contributed by atoms with Crippen LogP contribution in [0.4, 0.5) is 0 Å². The molecule has 1 aromatic rings. The number of hydrogen-bond donors (Lipinski definition) is 2. The van der Waals surface area contributed by atoms with E-state index in [1.807, 2.05) is 6.07 Å². The van der Waals surface area contributed by atoms with Gasteiger partial charge in [0.05, 0.1) is 12.1 Å². The van der Waals surface area contributed by atoms with Crippen LogP contribution in [0, 0.1) is 0 Å². The lowest BCUT2D eigenvalue weighted by atomic mass is 10.0. The highest BCUT2D eigenvalue weighted by molar-refractivity contribution is 9.10.